The summed E-state index contributed by atoms with van der Waals surface area (Å²) in [5.41, 5.74) is 1.49. The Morgan fingerprint density at radius 3 is 1.28 bits per heavy atom. The van der Waals surface area contributed by atoms with Crippen LogP contribution in [0.3, 0.4) is 0 Å². The Morgan fingerprint density at radius 1 is 0.372 bits per heavy atom. The molecule has 4 aliphatic carbocycles. The second-order valence-corrected chi connectivity index (χ2v) is 20.0. The van der Waals surface area contributed by atoms with Crippen LogP contribution in [0.1, 0.15) is 157 Å². The van der Waals surface area contributed by atoms with E-state index in [4.69, 9.17) is 0 Å². The van der Waals surface area contributed by atoms with Crippen LogP contribution >= 0.6 is 0 Å². The van der Waals surface area contributed by atoms with E-state index < -0.39 is 0 Å². The highest BCUT2D eigenvalue weighted by molar-refractivity contribution is 5.12. The van der Waals surface area contributed by atoms with E-state index in [0.717, 1.165) is 82.9 Å². The van der Waals surface area contributed by atoms with Crippen LogP contribution in [0.5, 0.6) is 0 Å². The van der Waals surface area contributed by atoms with Crippen molar-refractivity contribution in [1.29, 1.82) is 0 Å². The molecule has 0 heteroatoms. The number of hydrogen-bond acceptors (Lipinski definition) is 0. The molecule has 252 valence electrons. The van der Waals surface area contributed by atoms with Crippen molar-refractivity contribution in [2.24, 2.45) is 116 Å². The predicted molar refractivity (Wildman–Crippen MR) is 191 cm³/mol. The van der Waals surface area contributed by atoms with Crippen molar-refractivity contribution in [2.75, 3.05) is 0 Å². The van der Waals surface area contributed by atoms with Crippen LogP contribution in [-0.2, 0) is 0 Å². The van der Waals surface area contributed by atoms with Gasteiger partial charge in [0.2, 0.25) is 0 Å². The van der Waals surface area contributed by atoms with Gasteiger partial charge in [-0.05, 0) is 148 Å². The molecule has 0 aliphatic heterocycles. The fourth-order valence-corrected chi connectivity index (χ4v) is 14.1. The first kappa shape index (κ1) is 35.8. The molecule has 4 saturated carbocycles. The van der Waals surface area contributed by atoms with Gasteiger partial charge in [0.1, 0.15) is 0 Å². The molecule has 0 spiro atoms. The van der Waals surface area contributed by atoms with Crippen LogP contribution in [0.15, 0.2) is 0 Å². The van der Waals surface area contributed by atoms with Crippen LogP contribution in [0, 0.1) is 116 Å². The molecular weight excluding hydrogens is 516 g/mol. The summed E-state index contributed by atoms with van der Waals surface area (Å²) in [6, 6.07) is 0. The molecule has 19 unspecified atom stereocenters. The Labute approximate surface area is 272 Å². The van der Waals surface area contributed by atoms with Gasteiger partial charge in [0, 0.05) is 0 Å². The summed E-state index contributed by atoms with van der Waals surface area (Å²) >= 11 is 0. The van der Waals surface area contributed by atoms with Gasteiger partial charge in [-0.15, -0.1) is 0 Å². The third kappa shape index (κ3) is 4.91. The van der Waals surface area contributed by atoms with Crippen LogP contribution in [0.4, 0.5) is 0 Å². The molecule has 4 rings (SSSR count). The lowest BCUT2D eigenvalue weighted by Gasteiger charge is -2.67. The smallest absolute Gasteiger partial charge is 0.0213 e. The van der Waals surface area contributed by atoms with Crippen LogP contribution in [-0.4, -0.2) is 0 Å². The first-order valence-electron chi connectivity index (χ1n) is 19.6. The molecule has 0 amide bonds. The van der Waals surface area contributed by atoms with Gasteiger partial charge in [-0.1, -0.05) is 125 Å². The van der Waals surface area contributed by atoms with Gasteiger partial charge < -0.3 is 0 Å². The lowest BCUT2D eigenvalue weighted by Crippen LogP contribution is -2.61. The van der Waals surface area contributed by atoms with Gasteiger partial charge in [-0.25, -0.2) is 0 Å². The number of rotatable bonds is 0. The average molecular weight is 597 g/mol. The van der Waals surface area contributed by atoms with Gasteiger partial charge in [0.25, 0.3) is 0 Å². The summed E-state index contributed by atoms with van der Waals surface area (Å²) in [4.78, 5) is 0. The third-order valence-electron chi connectivity index (χ3n) is 20.2. The number of hydrogen-bond donors (Lipinski definition) is 0. The topological polar surface area (TPSA) is 0 Å². The lowest BCUT2D eigenvalue weighted by molar-refractivity contribution is -0.193. The minimum Gasteiger partial charge on any atom is -0.0620 e. The first-order chi connectivity index (χ1) is 19.6. The van der Waals surface area contributed by atoms with E-state index >= 15 is 0 Å². The van der Waals surface area contributed by atoms with Crippen molar-refractivity contribution >= 4 is 0 Å². The van der Waals surface area contributed by atoms with Gasteiger partial charge in [-0.3, -0.25) is 0 Å². The monoisotopic (exact) mass is 597 g/mol. The van der Waals surface area contributed by atoms with Gasteiger partial charge in [0.05, 0.1) is 0 Å². The van der Waals surface area contributed by atoms with E-state index in [1.807, 2.05) is 0 Å². The summed E-state index contributed by atoms with van der Waals surface area (Å²) < 4.78 is 0. The minimum atomic E-state index is 0.267. The number of fused-ring (bicyclic) bond motifs is 3. The highest BCUT2D eigenvalue weighted by Gasteiger charge is 2.64. The van der Waals surface area contributed by atoms with Crippen molar-refractivity contribution in [2.45, 2.75) is 157 Å². The first-order valence-corrected chi connectivity index (χ1v) is 19.6. The molecule has 43 heavy (non-hydrogen) atoms. The van der Waals surface area contributed by atoms with Crippen molar-refractivity contribution < 1.29 is 0 Å². The summed E-state index contributed by atoms with van der Waals surface area (Å²) in [5, 5.41) is 0. The average Bonchev–Trinajstić information content (AvgIpc) is 2.98. The maximum Gasteiger partial charge on any atom is -0.0213 e. The molecule has 0 nitrogen and oxygen atoms in total. The molecular formula is C43H80. The highest BCUT2D eigenvalue weighted by Crippen LogP contribution is 2.70. The quantitative estimate of drug-likeness (QED) is 0.261. The largest absolute Gasteiger partial charge is 0.0620 e. The van der Waals surface area contributed by atoms with Gasteiger partial charge >= 0.3 is 0 Å². The second kappa shape index (κ2) is 11.9. The SMILES string of the molecule is CC1C(C)C(C)C(C)C(C)C(C)(C)C2(C)C(C)C(C)C3(C)C(CCC4CC(C)C4(C)C(C)C3C)CCC2C(C)C(C)C1C. The Morgan fingerprint density at radius 2 is 0.767 bits per heavy atom. The van der Waals surface area contributed by atoms with E-state index in [9.17, 15) is 0 Å². The fraction of sp³-hybridized carbons (Fsp3) is 1.00. The van der Waals surface area contributed by atoms with Crippen molar-refractivity contribution in [3.8, 4) is 0 Å². The molecule has 0 aromatic rings. The van der Waals surface area contributed by atoms with E-state index in [2.05, 4.69) is 125 Å². The standard InChI is InChI=1S/C43H80/c1-24-23-38-20-19-37-21-22-39-31(8)29(6)27(4)25(2)26(3)28(5)30(7)32(9)40(14,15)43(39,18)36(13)35(12)42(37,17)34(11)33(10)41(24,38)16/h24-39H,19-23H2,1-18H3. The van der Waals surface area contributed by atoms with Crippen molar-refractivity contribution in [3.05, 3.63) is 0 Å². The molecule has 4 aliphatic rings. The molecule has 0 aromatic carbocycles. The fourth-order valence-electron chi connectivity index (χ4n) is 14.1. The molecule has 0 radical (unpaired) electrons. The summed E-state index contributed by atoms with van der Waals surface area (Å²) in [5.74, 6) is 12.5. The maximum absolute atomic E-state index is 2.84. The van der Waals surface area contributed by atoms with Gasteiger partial charge in [-0.2, -0.15) is 0 Å². The zero-order valence-electron chi connectivity index (χ0n) is 32.8. The molecule has 19 atom stereocenters. The van der Waals surface area contributed by atoms with E-state index in [0.29, 0.717) is 28.1 Å². The molecule has 0 saturated heterocycles. The zero-order valence-corrected chi connectivity index (χ0v) is 32.8. The van der Waals surface area contributed by atoms with Gasteiger partial charge in [0.15, 0.2) is 0 Å². The summed E-state index contributed by atoms with van der Waals surface area (Å²) in [7, 11) is 0. The molecule has 0 heterocycles. The molecule has 0 aromatic heterocycles. The predicted octanol–water partition coefficient (Wildman–Crippen LogP) is 13.2. The lowest BCUT2D eigenvalue weighted by atomic mass is 9.37. The minimum absolute atomic E-state index is 0.267. The van der Waals surface area contributed by atoms with Crippen LogP contribution in [0.2, 0.25) is 0 Å². The second-order valence-electron chi connectivity index (χ2n) is 20.0. The van der Waals surface area contributed by atoms with Crippen LogP contribution in [0.25, 0.3) is 0 Å². The Balaban J connectivity index is 1.89. The Bertz CT molecular complexity index is 961. The normalized spacial score (nSPS) is 59.9. The maximum atomic E-state index is 2.84. The van der Waals surface area contributed by atoms with E-state index in [1.165, 1.54) is 32.1 Å². The molecule has 4 fully saturated rings. The Kier molecular flexibility index (Phi) is 9.93. The summed E-state index contributed by atoms with van der Waals surface area (Å²) in [6.07, 6.45) is 7.34. The van der Waals surface area contributed by atoms with E-state index in [-0.39, 0.29) is 5.41 Å². The molecule has 0 bridgehead atoms. The van der Waals surface area contributed by atoms with Crippen molar-refractivity contribution in [3.63, 3.8) is 0 Å². The Hall–Kier alpha value is 0. The summed E-state index contributed by atoms with van der Waals surface area (Å²) in [6.45, 7) is 48.5. The highest BCUT2D eigenvalue weighted by atomic mass is 14.7. The van der Waals surface area contributed by atoms with Crippen molar-refractivity contribution in [1.82, 2.24) is 0 Å². The zero-order chi connectivity index (χ0) is 32.8. The third-order valence-corrected chi connectivity index (χ3v) is 20.2. The molecule has 0 N–H and O–H groups in total. The van der Waals surface area contributed by atoms with Crippen LogP contribution < -0.4 is 0 Å². The van der Waals surface area contributed by atoms with E-state index in [1.54, 1.807) is 0 Å².